The van der Waals surface area contributed by atoms with Crippen LogP contribution < -0.4 is 4.90 Å². The molecule has 3 rings (SSSR count). The molecule has 0 bridgehead atoms. The zero-order valence-electron chi connectivity index (χ0n) is 13.0. The number of rotatable bonds is 2. The number of carbonyl (C=O) groups is 2. The van der Waals surface area contributed by atoms with Crippen molar-refractivity contribution in [2.45, 2.75) is 45.4 Å². The average molecular weight is 301 g/mol. The van der Waals surface area contributed by atoms with E-state index in [1.807, 2.05) is 11.8 Å². The Morgan fingerprint density at radius 3 is 2.73 bits per heavy atom. The van der Waals surface area contributed by atoms with Gasteiger partial charge in [0, 0.05) is 18.2 Å². The number of carbonyl (C=O) groups excluding carboxylic acids is 1. The van der Waals surface area contributed by atoms with Crippen LogP contribution in [0.2, 0.25) is 0 Å². The molecule has 1 aromatic rings. The second-order valence-electron chi connectivity index (χ2n) is 6.62. The van der Waals surface area contributed by atoms with E-state index in [0.717, 1.165) is 43.5 Å². The number of fused-ring (bicyclic) bond motifs is 1. The van der Waals surface area contributed by atoms with E-state index in [4.69, 9.17) is 0 Å². The summed E-state index contributed by atoms with van der Waals surface area (Å²) in [6, 6.07) is 6.29. The molecule has 1 saturated carbocycles. The van der Waals surface area contributed by atoms with Crippen LogP contribution >= 0.6 is 0 Å². The molecule has 1 fully saturated rings. The van der Waals surface area contributed by atoms with Crippen LogP contribution in [0.1, 0.15) is 43.2 Å². The van der Waals surface area contributed by atoms with E-state index < -0.39 is 5.97 Å². The molecule has 0 aromatic heterocycles. The molecule has 2 aliphatic rings. The van der Waals surface area contributed by atoms with Crippen LogP contribution in [0.4, 0.5) is 5.69 Å². The van der Waals surface area contributed by atoms with Crippen molar-refractivity contribution < 1.29 is 14.7 Å². The Balaban J connectivity index is 1.81. The van der Waals surface area contributed by atoms with Gasteiger partial charge in [0.15, 0.2) is 0 Å². The van der Waals surface area contributed by atoms with Gasteiger partial charge in [0.05, 0.1) is 5.92 Å². The largest absolute Gasteiger partial charge is 0.481 e. The van der Waals surface area contributed by atoms with Crippen molar-refractivity contribution in [2.24, 2.45) is 11.8 Å². The van der Waals surface area contributed by atoms with Gasteiger partial charge in [-0.25, -0.2) is 0 Å². The molecule has 0 saturated heterocycles. The van der Waals surface area contributed by atoms with Crippen molar-refractivity contribution in [1.29, 1.82) is 0 Å². The summed E-state index contributed by atoms with van der Waals surface area (Å²) in [6.45, 7) is 2.79. The van der Waals surface area contributed by atoms with E-state index in [9.17, 15) is 14.7 Å². The zero-order valence-corrected chi connectivity index (χ0v) is 13.0. The Bertz CT molecular complexity index is 596. The molecule has 1 amide bonds. The van der Waals surface area contributed by atoms with Gasteiger partial charge in [-0.15, -0.1) is 0 Å². The standard InChI is InChI=1S/C18H23NO3/c1-12-7-8-13-6-3-9-19(16(13)10-12)17(20)14-4-2-5-15(11-14)18(21)22/h7-8,10,14-15H,2-6,9,11H2,1H3,(H,21,22). The van der Waals surface area contributed by atoms with Gasteiger partial charge in [-0.05, 0) is 56.2 Å². The van der Waals surface area contributed by atoms with Gasteiger partial charge in [0.2, 0.25) is 5.91 Å². The predicted molar refractivity (Wildman–Crippen MR) is 84.9 cm³/mol. The third-order valence-corrected chi connectivity index (χ3v) is 5.00. The number of hydrogen-bond acceptors (Lipinski definition) is 2. The van der Waals surface area contributed by atoms with Crippen molar-refractivity contribution in [3.8, 4) is 0 Å². The van der Waals surface area contributed by atoms with Gasteiger partial charge in [-0.1, -0.05) is 18.6 Å². The topological polar surface area (TPSA) is 57.6 Å². The number of carboxylic acids is 1. The summed E-state index contributed by atoms with van der Waals surface area (Å²) in [5.41, 5.74) is 3.43. The van der Waals surface area contributed by atoms with Crippen LogP contribution in [-0.4, -0.2) is 23.5 Å². The van der Waals surface area contributed by atoms with Gasteiger partial charge in [0.1, 0.15) is 0 Å². The Kier molecular flexibility index (Phi) is 4.19. The minimum Gasteiger partial charge on any atom is -0.481 e. The SMILES string of the molecule is Cc1ccc2c(c1)N(C(=O)C1CCCC(C(=O)O)C1)CCC2. The number of aliphatic carboxylic acids is 1. The van der Waals surface area contributed by atoms with E-state index in [1.165, 1.54) is 5.56 Å². The van der Waals surface area contributed by atoms with E-state index in [2.05, 4.69) is 18.2 Å². The van der Waals surface area contributed by atoms with Crippen LogP contribution in [0.25, 0.3) is 0 Å². The summed E-state index contributed by atoms with van der Waals surface area (Å²) in [4.78, 5) is 26.0. The van der Waals surface area contributed by atoms with Crippen LogP contribution in [0.15, 0.2) is 18.2 Å². The Hall–Kier alpha value is -1.84. The Morgan fingerprint density at radius 2 is 1.95 bits per heavy atom. The lowest BCUT2D eigenvalue weighted by atomic mass is 9.80. The highest BCUT2D eigenvalue weighted by Crippen LogP contribution is 2.34. The number of nitrogens with zero attached hydrogens (tertiary/aromatic N) is 1. The molecule has 1 aliphatic carbocycles. The molecule has 4 heteroatoms. The summed E-state index contributed by atoms with van der Waals surface area (Å²) in [6.07, 6.45) is 4.85. The first-order valence-corrected chi connectivity index (χ1v) is 8.20. The zero-order chi connectivity index (χ0) is 15.7. The molecular formula is C18H23NO3. The lowest BCUT2D eigenvalue weighted by molar-refractivity contribution is -0.143. The number of amides is 1. The van der Waals surface area contributed by atoms with Crippen LogP contribution in [0.5, 0.6) is 0 Å². The van der Waals surface area contributed by atoms with E-state index >= 15 is 0 Å². The van der Waals surface area contributed by atoms with Crippen molar-refractivity contribution in [2.75, 3.05) is 11.4 Å². The molecule has 2 unspecified atom stereocenters. The first-order chi connectivity index (χ1) is 10.6. The summed E-state index contributed by atoms with van der Waals surface area (Å²) < 4.78 is 0. The first kappa shape index (κ1) is 15.1. The first-order valence-electron chi connectivity index (χ1n) is 8.20. The number of aryl methyl sites for hydroxylation is 2. The molecule has 4 nitrogen and oxygen atoms in total. The predicted octanol–water partition coefficient (Wildman–Crippen LogP) is 3.17. The fraction of sp³-hybridized carbons (Fsp3) is 0.556. The van der Waals surface area contributed by atoms with Gasteiger partial charge >= 0.3 is 5.97 Å². The van der Waals surface area contributed by atoms with Gasteiger partial charge in [-0.3, -0.25) is 9.59 Å². The second kappa shape index (κ2) is 6.11. The van der Waals surface area contributed by atoms with E-state index in [1.54, 1.807) is 0 Å². The monoisotopic (exact) mass is 301 g/mol. The third-order valence-electron chi connectivity index (χ3n) is 5.00. The number of carboxylic acid groups (broad SMARTS) is 1. The average Bonchev–Trinajstić information content (AvgIpc) is 2.53. The Morgan fingerprint density at radius 1 is 1.18 bits per heavy atom. The molecule has 1 aliphatic heterocycles. The summed E-state index contributed by atoms with van der Waals surface area (Å²) in [5.74, 6) is -1.13. The molecule has 1 aromatic carbocycles. The lowest BCUT2D eigenvalue weighted by Crippen LogP contribution is -2.41. The van der Waals surface area contributed by atoms with Crippen molar-refractivity contribution in [3.05, 3.63) is 29.3 Å². The highest BCUT2D eigenvalue weighted by atomic mass is 16.4. The quantitative estimate of drug-likeness (QED) is 0.913. The summed E-state index contributed by atoms with van der Waals surface area (Å²) in [7, 11) is 0. The van der Waals surface area contributed by atoms with E-state index in [0.29, 0.717) is 12.8 Å². The molecule has 2 atom stereocenters. The maximum absolute atomic E-state index is 12.9. The van der Waals surface area contributed by atoms with Crippen molar-refractivity contribution in [3.63, 3.8) is 0 Å². The van der Waals surface area contributed by atoms with E-state index in [-0.39, 0.29) is 17.7 Å². The van der Waals surface area contributed by atoms with Crippen molar-refractivity contribution in [1.82, 2.24) is 0 Å². The summed E-state index contributed by atoms with van der Waals surface area (Å²) in [5, 5.41) is 9.22. The van der Waals surface area contributed by atoms with Crippen molar-refractivity contribution >= 4 is 17.6 Å². The minimum atomic E-state index is -0.757. The molecule has 0 spiro atoms. The van der Waals surface area contributed by atoms with Gasteiger partial charge in [-0.2, -0.15) is 0 Å². The van der Waals surface area contributed by atoms with Crippen LogP contribution in [0, 0.1) is 18.8 Å². The highest BCUT2D eigenvalue weighted by molar-refractivity contribution is 5.96. The number of benzene rings is 1. The Labute approximate surface area is 131 Å². The molecule has 118 valence electrons. The third kappa shape index (κ3) is 2.87. The molecule has 0 radical (unpaired) electrons. The van der Waals surface area contributed by atoms with Gasteiger partial charge in [0.25, 0.3) is 0 Å². The molecule has 1 heterocycles. The van der Waals surface area contributed by atoms with Gasteiger partial charge < -0.3 is 10.0 Å². The second-order valence-corrected chi connectivity index (χ2v) is 6.62. The molecule has 1 N–H and O–H groups in total. The highest BCUT2D eigenvalue weighted by Gasteiger charge is 2.34. The molecule has 22 heavy (non-hydrogen) atoms. The van der Waals surface area contributed by atoms with Crippen LogP contribution in [-0.2, 0) is 16.0 Å². The fourth-order valence-electron chi connectivity index (χ4n) is 3.77. The van der Waals surface area contributed by atoms with Crippen LogP contribution in [0.3, 0.4) is 0 Å². The molecular weight excluding hydrogens is 278 g/mol. The number of hydrogen-bond donors (Lipinski definition) is 1. The normalized spacial score (nSPS) is 24.7. The minimum absolute atomic E-state index is 0.123. The summed E-state index contributed by atoms with van der Waals surface area (Å²) >= 11 is 0. The maximum atomic E-state index is 12.9. The smallest absolute Gasteiger partial charge is 0.306 e. The fourth-order valence-corrected chi connectivity index (χ4v) is 3.77. The number of anilines is 1. The maximum Gasteiger partial charge on any atom is 0.306 e. The lowest BCUT2D eigenvalue weighted by Gasteiger charge is -2.35.